The summed E-state index contributed by atoms with van der Waals surface area (Å²) in [7, 11) is 1.99. The van der Waals surface area contributed by atoms with Crippen LogP contribution in [0, 0.1) is 0 Å². The van der Waals surface area contributed by atoms with E-state index in [-0.39, 0.29) is 11.3 Å². The minimum absolute atomic E-state index is 0.0358. The van der Waals surface area contributed by atoms with E-state index in [1.807, 2.05) is 0 Å². The smallest absolute Gasteiger partial charge is 0.307 e. The van der Waals surface area contributed by atoms with Crippen molar-refractivity contribution in [2.45, 2.75) is 6.42 Å². The number of amides is 2. The maximum atomic E-state index is 13.4. The van der Waals surface area contributed by atoms with Crippen molar-refractivity contribution >= 4 is 39.0 Å². The second-order valence-corrected chi connectivity index (χ2v) is 11.9. The lowest BCUT2D eigenvalue weighted by Gasteiger charge is -2.26. The van der Waals surface area contributed by atoms with E-state index >= 15 is 0 Å². The quantitative estimate of drug-likeness (QED) is 0.239. The molecule has 13 heteroatoms. The van der Waals surface area contributed by atoms with Crippen LogP contribution in [-0.4, -0.2) is 101 Å². The monoisotopic (exact) mass is 599 g/mol. The van der Waals surface area contributed by atoms with Crippen molar-refractivity contribution in [2.24, 2.45) is 0 Å². The topological polar surface area (TPSA) is 131 Å². The molecular weight excluding hydrogens is 562 g/mol. The van der Waals surface area contributed by atoms with E-state index in [4.69, 9.17) is 14.2 Å². The lowest BCUT2D eigenvalue weighted by molar-refractivity contribution is -0.117. The predicted octanol–water partition coefficient (Wildman–Crippen LogP) is 1.92. The SMILES string of the molecule is COc1ccc(C(=O)NC(=Cc2cn(S(=O)(=O)N(C)C)c3ccccc23)C(=O)NCCCN2CCOCC2)cc1OC. The highest BCUT2D eigenvalue weighted by Crippen LogP contribution is 2.28. The van der Waals surface area contributed by atoms with Gasteiger partial charge >= 0.3 is 10.2 Å². The first-order valence-electron chi connectivity index (χ1n) is 13.5. The molecule has 1 aromatic heterocycles. The highest BCUT2D eigenvalue weighted by Gasteiger charge is 2.22. The number of para-hydroxylation sites is 1. The number of nitrogens with zero attached hydrogens (tertiary/aromatic N) is 3. The Morgan fingerprint density at radius 2 is 1.76 bits per heavy atom. The molecule has 2 heterocycles. The molecule has 1 aliphatic heterocycles. The molecule has 4 rings (SSSR count). The van der Waals surface area contributed by atoms with Crippen molar-refractivity contribution in [3.05, 3.63) is 65.5 Å². The summed E-state index contributed by atoms with van der Waals surface area (Å²) in [5.41, 5.74) is 1.10. The molecule has 1 saturated heterocycles. The summed E-state index contributed by atoms with van der Waals surface area (Å²) >= 11 is 0. The molecule has 0 radical (unpaired) electrons. The Morgan fingerprint density at radius 3 is 2.45 bits per heavy atom. The molecular formula is C29H37N5O7S. The summed E-state index contributed by atoms with van der Waals surface area (Å²) in [6.45, 7) is 4.27. The molecule has 0 unspecified atom stereocenters. The minimum Gasteiger partial charge on any atom is -0.493 e. The van der Waals surface area contributed by atoms with Crippen LogP contribution in [0.4, 0.5) is 0 Å². The van der Waals surface area contributed by atoms with Gasteiger partial charge in [0, 0.05) is 56.4 Å². The lowest BCUT2D eigenvalue weighted by atomic mass is 10.1. The molecule has 0 bridgehead atoms. The van der Waals surface area contributed by atoms with Gasteiger partial charge in [0.15, 0.2) is 11.5 Å². The Kier molecular flexibility index (Phi) is 10.2. The second-order valence-electron chi connectivity index (χ2n) is 9.83. The van der Waals surface area contributed by atoms with Gasteiger partial charge in [-0.2, -0.15) is 12.7 Å². The van der Waals surface area contributed by atoms with Crippen LogP contribution in [0.25, 0.3) is 17.0 Å². The first-order valence-corrected chi connectivity index (χ1v) is 14.9. The Bertz CT molecular complexity index is 1560. The standard InChI is InChI=1S/C29H37N5O7S/c1-32(2)42(37,38)34-20-22(23-8-5-6-9-25(23)34)18-24(29(36)30-12-7-13-33-14-16-41-17-15-33)31-28(35)21-10-11-26(39-3)27(19-21)40-4/h5-6,8-11,18-20H,7,12-17H2,1-4H3,(H,30,36)(H,31,35). The maximum Gasteiger partial charge on any atom is 0.307 e. The number of ether oxygens (including phenoxy) is 3. The summed E-state index contributed by atoms with van der Waals surface area (Å²) in [5.74, 6) is -0.230. The average molecular weight is 600 g/mol. The molecule has 226 valence electrons. The van der Waals surface area contributed by atoms with Crippen molar-refractivity contribution in [1.82, 2.24) is 23.8 Å². The summed E-state index contributed by atoms with van der Waals surface area (Å²) in [6.07, 6.45) is 3.64. The number of rotatable bonds is 12. The zero-order valence-corrected chi connectivity index (χ0v) is 25.1. The van der Waals surface area contributed by atoms with Gasteiger partial charge in [-0.25, -0.2) is 3.97 Å². The number of carbonyl (C=O) groups is 2. The molecule has 1 aliphatic rings. The first-order chi connectivity index (χ1) is 20.1. The third kappa shape index (κ3) is 7.10. The van der Waals surface area contributed by atoms with Crippen molar-refractivity contribution in [1.29, 1.82) is 0 Å². The fourth-order valence-electron chi connectivity index (χ4n) is 4.57. The van der Waals surface area contributed by atoms with E-state index in [0.717, 1.165) is 27.9 Å². The number of fused-ring (bicyclic) bond motifs is 1. The number of hydrogen-bond acceptors (Lipinski definition) is 8. The van der Waals surface area contributed by atoms with Gasteiger partial charge in [-0.15, -0.1) is 0 Å². The van der Waals surface area contributed by atoms with Gasteiger partial charge in [0.05, 0.1) is 33.0 Å². The largest absolute Gasteiger partial charge is 0.493 e. The van der Waals surface area contributed by atoms with Crippen molar-refractivity contribution in [3.63, 3.8) is 0 Å². The Morgan fingerprint density at radius 1 is 1.05 bits per heavy atom. The van der Waals surface area contributed by atoms with Crippen LogP contribution >= 0.6 is 0 Å². The molecule has 0 aliphatic carbocycles. The maximum absolute atomic E-state index is 13.4. The third-order valence-corrected chi connectivity index (χ3v) is 8.62. The van der Waals surface area contributed by atoms with E-state index in [9.17, 15) is 18.0 Å². The Hall–Kier alpha value is -3.91. The highest BCUT2D eigenvalue weighted by atomic mass is 32.2. The fourth-order valence-corrected chi connectivity index (χ4v) is 5.57. The summed E-state index contributed by atoms with van der Waals surface area (Å²) in [6, 6.07) is 11.6. The Balaban J connectivity index is 1.65. The number of methoxy groups -OCH3 is 2. The highest BCUT2D eigenvalue weighted by molar-refractivity contribution is 7.87. The predicted molar refractivity (Wildman–Crippen MR) is 160 cm³/mol. The molecule has 2 aromatic carbocycles. The van der Waals surface area contributed by atoms with Gasteiger partial charge in [-0.1, -0.05) is 18.2 Å². The van der Waals surface area contributed by atoms with Gasteiger partial charge in [0.2, 0.25) is 0 Å². The van der Waals surface area contributed by atoms with E-state index in [1.165, 1.54) is 46.7 Å². The van der Waals surface area contributed by atoms with E-state index in [2.05, 4.69) is 15.5 Å². The van der Waals surface area contributed by atoms with Crippen LogP contribution in [0.1, 0.15) is 22.3 Å². The third-order valence-electron chi connectivity index (χ3n) is 6.90. The van der Waals surface area contributed by atoms with Crippen molar-refractivity contribution in [3.8, 4) is 11.5 Å². The zero-order chi connectivity index (χ0) is 30.3. The number of carbonyl (C=O) groups excluding carboxylic acids is 2. The molecule has 12 nitrogen and oxygen atoms in total. The van der Waals surface area contributed by atoms with Crippen molar-refractivity contribution < 1.29 is 32.2 Å². The van der Waals surface area contributed by atoms with Crippen LogP contribution in [0.5, 0.6) is 11.5 Å². The van der Waals surface area contributed by atoms with Gasteiger partial charge in [0.25, 0.3) is 11.8 Å². The molecule has 0 saturated carbocycles. The van der Waals surface area contributed by atoms with Crippen LogP contribution in [0.2, 0.25) is 0 Å². The van der Waals surface area contributed by atoms with Crippen LogP contribution in [-0.2, 0) is 19.7 Å². The van der Waals surface area contributed by atoms with Crippen LogP contribution in [0.15, 0.2) is 54.4 Å². The molecule has 2 amide bonds. The molecule has 0 atom stereocenters. The number of hydrogen-bond donors (Lipinski definition) is 2. The van der Waals surface area contributed by atoms with Gasteiger partial charge in [-0.3, -0.25) is 14.5 Å². The average Bonchev–Trinajstić information content (AvgIpc) is 3.38. The summed E-state index contributed by atoms with van der Waals surface area (Å²) in [4.78, 5) is 29.0. The number of nitrogens with one attached hydrogen (secondary N) is 2. The first kappa shape index (κ1) is 31.0. The van der Waals surface area contributed by atoms with Gasteiger partial charge < -0.3 is 24.8 Å². The Labute approximate surface area is 246 Å². The molecule has 42 heavy (non-hydrogen) atoms. The van der Waals surface area contributed by atoms with E-state index in [1.54, 1.807) is 36.4 Å². The van der Waals surface area contributed by atoms with Gasteiger partial charge in [0.1, 0.15) is 5.70 Å². The number of morpholine rings is 1. The van der Waals surface area contributed by atoms with Gasteiger partial charge in [-0.05, 0) is 43.3 Å². The minimum atomic E-state index is -3.85. The van der Waals surface area contributed by atoms with Crippen LogP contribution in [0.3, 0.4) is 0 Å². The zero-order valence-electron chi connectivity index (χ0n) is 24.3. The number of benzene rings is 2. The lowest BCUT2D eigenvalue weighted by Crippen LogP contribution is -2.39. The van der Waals surface area contributed by atoms with E-state index < -0.39 is 22.0 Å². The molecule has 2 N–H and O–H groups in total. The van der Waals surface area contributed by atoms with E-state index in [0.29, 0.717) is 54.1 Å². The van der Waals surface area contributed by atoms with Crippen molar-refractivity contribution in [2.75, 3.05) is 67.7 Å². The molecule has 3 aromatic rings. The molecule has 0 spiro atoms. The molecule has 1 fully saturated rings. The second kappa shape index (κ2) is 13.8. The summed E-state index contributed by atoms with van der Waals surface area (Å²) < 4.78 is 44.3. The fraction of sp³-hybridized carbons (Fsp3) is 0.379. The summed E-state index contributed by atoms with van der Waals surface area (Å²) in [5, 5.41) is 6.20. The van der Waals surface area contributed by atoms with Crippen LogP contribution < -0.4 is 20.1 Å². The normalized spacial score (nSPS) is 14.6. The number of aromatic nitrogens is 1.